The standard InChI is InChI=1S/C25H29F2NO4/c1-28(13-12-17-8-11-22(30-2)23(14-17)31-3)24(29)21(16-32-25(26)27)20-10-9-18-6-4-5-7-19(18)15-20/h8-11,14-16,25H,4-7,12-13H2,1-3H3. The largest absolute Gasteiger partial charge is 0.493 e. The third-order valence-electron chi connectivity index (χ3n) is 5.71. The number of likely N-dealkylation sites (N-methyl/N-ethyl adjacent to an activating group) is 1. The Balaban J connectivity index is 1.76. The van der Waals surface area contributed by atoms with E-state index in [1.54, 1.807) is 21.3 Å². The second kappa shape index (κ2) is 11.0. The Kier molecular flexibility index (Phi) is 8.09. The third kappa shape index (κ3) is 5.78. The second-order valence-electron chi connectivity index (χ2n) is 7.78. The molecule has 32 heavy (non-hydrogen) atoms. The van der Waals surface area contributed by atoms with Crippen molar-refractivity contribution in [3.8, 4) is 11.5 Å². The smallest absolute Gasteiger partial charge is 0.386 e. The normalized spacial score (nSPS) is 13.5. The molecule has 5 nitrogen and oxygen atoms in total. The molecule has 0 saturated carbocycles. The lowest BCUT2D eigenvalue weighted by Gasteiger charge is -2.21. The average molecular weight is 446 g/mol. The van der Waals surface area contributed by atoms with Gasteiger partial charge in [0.05, 0.1) is 19.8 Å². The van der Waals surface area contributed by atoms with Crippen LogP contribution in [0.5, 0.6) is 11.5 Å². The van der Waals surface area contributed by atoms with Crippen molar-refractivity contribution in [2.75, 3.05) is 27.8 Å². The second-order valence-corrected chi connectivity index (χ2v) is 7.78. The molecule has 172 valence electrons. The fourth-order valence-corrected chi connectivity index (χ4v) is 3.90. The predicted octanol–water partition coefficient (Wildman–Crippen LogP) is 4.86. The molecule has 0 radical (unpaired) electrons. The zero-order valence-electron chi connectivity index (χ0n) is 18.7. The molecule has 0 N–H and O–H groups in total. The van der Waals surface area contributed by atoms with E-state index in [2.05, 4.69) is 4.74 Å². The fraction of sp³-hybridized carbons (Fsp3) is 0.400. The molecule has 2 aromatic rings. The first-order valence-electron chi connectivity index (χ1n) is 10.6. The lowest BCUT2D eigenvalue weighted by atomic mass is 9.89. The van der Waals surface area contributed by atoms with Gasteiger partial charge in [-0.25, -0.2) is 0 Å². The van der Waals surface area contributed by atoms with Gasteiger partial charge >= 0.3 is 6.61 Å². The fourth-order valence-electron chi connectivity index (χ4n) is 3.90. The number of rotatable bonds is 9. The maximum Gasteiger partial charge on any atom is 0.386 e. The summed E-state index contributed by atoms with van der Waals surface area (Å²) in [5.74, 6) is 0.864. The average Bonchev–Trinajstić information content (AvgIpc) is 2.81. The number of alkyl halides is 2. The molecular weight excluding hydrogens is 416 g/mol. The Hall–Kier alpha value is -3.09. The Bertz CT molecular complexity index is 974. The molecule has 1 aliphatic carbocycles. The molecular formula is C25H29F2NO4. The topological polar surface area (TPSA) is 48.0 Å². The number of amides is 1. The highest BCUT2D eigenvalue weighted by molar-refractivity contribution is 6.19. The number of hydrogen-bond donors (Lipinski definition) is 0. The molecule has 3 rings (SSSR count). The van der Waals surface area contributed by atoms with Gasteiger partial charge in [-0.1, -0.05) is 24.3 Å². The van der Waals surface area contributed by atoms with E-state index in [-0.39, 0.29) is 11.5 Å². The number of nitrogens with zero attached hydrogens (tertiary/aromatic N) is 1. The first kappa shape index (κ1) is 23.6. The van der Waals surface area contributed by atoms with Crippen LogP contribution in [0.25, 0.3) is 5.57 Å². The van der Waals surface area contributed by atoms with Crippen molar-refractivity contribution in [2.24, 2.45) is 0 Å². The Labute approximate surface area is 187 Å². The number of fused-ring (bicyclic) bond motifs is 1. The number of benzene rings is 2. The molecule has 0 spiro atoms. The van der Waals surface area contributed by atoms with Crippen LogP contribution in [0, 0.1) is 0 Å². The molecule has 0 unspecified atom stereocenters. The van der Waals surface area contributed by atoms with Gasteiger partial charge in [-0.15, -0.1) is 0 Å². The minimum atomic E-state index is -2.99. The van der Waals surface area contributed by atoms with E-state index in [9.17, 15) is 13.6 Å². The number of ether oxygens (including phenoxy) is 3. The predicted molar refractivity (Wildman–Crippen MR) is 119 cm³/mol. The quantitative estimate of drug-likeness (QED) is 0.408. The van der Waals surface area contributed by atoms with Crippen LogP contribution in [0.4, 0.5) is 8.78 Å². The summed E-state index contributed by atoms with van der Waals surface area (Å²) in [6.07, 6.45) is 5.60. The van der Waals surface area contributed by atoms with Crippen LogP contribution in [0.1, 0.15) is 35.1 Å². The summed E-state index contributed by atoms with van der Waals surface area (Å²) >= 11 is 0. The SMILES string of the molecule is COc1ccc(CCN(C)C(=O)C(=COC(F)F)c2ccc3c(c2)CCCC3)cc1OC. The Morgan fingerprint density at radius 2 is 1.75 bits per heavy atom. The van der Waals surface area contributed by atoms with E-state index in [4.69, 9.17) is 9.47 Å². The summed E-state index contributed by atoms with van der Waals surface area (Å²) in [6, 6.07) is 11.3. The molecule has 0 heterocycles. The number of carbonyl (C=O) groups excluding carboxylic acids is 1. The molecule has 0 fully saturated rings. The van der Waals surface area contributed by atoms with E-state index < -0.39 is 6.61 Å². The van der Waals surface area contributed by atoms with Gasteiger partial charge < -0.3 is 19.1 Å². The highest BCUT2D eigenvalue weighted by atomic mass is 19.3. The van der Waals surface area contributed by atoms with Gasteiger partial charge in [-0.3, -0.25) is 4.79 Å². The van der Waals surface area contributed by atoms with E-state index in [0.717, 1.165) is 43.1 Å². The van der Waals surface area contributed by atoms with Crippen molar-refractivity contribution in [1.82, 2.24) is 4.90 Å². The van der Waals surface area contributed by atoms with Crippen molar-refractivity contribution in [3.63, 3.8) is 0 Å². The van der Waals surface area contributed by atoms with Crippen LogP contribution < -0.4 is 9.47 Å². The summed E-state index contributed by atoms with van der Waals surface area (Å²) in [6.45, 7) is -2.60. The first-order valence-corrected chi connectivity index (χ1v) is 10.6. The molecule has 0 bridgehead atoms. The maximum atomic E-state index is 13.2. The third-order valence-corrected chi connectivity index (χ3v) is 5.71. The highest BCUT2D eigenvalue weighted by Crippen LogP contribution is 2.29. The summed E-state index contributed by atoms with van der Waals surface area (Å²) in [5.41, 5.74) is 4.09. The molecule has 1 amide bonds. The van der Waals surface area contributed by atoms with Crippen LogP contribution in [0.3, 0.4) is 0 Å². The number of carbonyl (C=O) groups is 1. The van der Waals surface area contributed by atoms with Gasteiger partial charge in [0.25, 0.3) is 5.91 Å². The monoisotopic (exact) mass is 445 g/mol. The van der Waals surface area contributed by atoms with Crippen molar-refractivity contribution in [1.29, 1.82) is 0 Å². The van der Waals surface area contributed by atoms with Gasteiger partial charge in [0.1, 0.15) is 6.26 Å². The Morgan fingerprint density at radius 3 is 2.44 bits per heavy atom. The molecule has 0 atom stereocenters. The van der Waals surface area contributed by atoms with Gasteiger partial charge in [0.15, 0.2) is 11.5 Å². The van der Waals surface area contributed by atoms with E-state index >= 15 is 0 Å². The maximum absolute atomic E-state index is 13.2. The number of halogens is 2. The van der Waals surface area contributed by atoms with Crippen molar-refractivity contribution >= 4 is 11.5 Å². The lowest BCUT2D eigenvalue weighted by molar-refractivity contribution is -0.124. The minimum absolute atomic E-state index is 0.119. The summed E-state index contributed by atoms with van der Waals surface area (Å²) in [4.78, 5) is 14.7. The summed E-state index contributed by atoms with van der Waals surface area (Å²) in [5, 5.41) is 0. The zero-order chi connectivity index (χ0) is 23.1. The van der Waals surface area contributed by atoms with Crippen LogP contribution in [-0.4, -0.2) is 45.2 Å². The molecule has 2 aromatic carbocycles. The van der Waals surface area contributed by atoms with Gasteiger partial charge in [-0.05, 0) is 66.5 Å². The number of aryl methyl sites for hydroxylation is 2. The first-order chi connectivity index (χ1) is 15.4. The molecule has 0 aromatic heterocycles. The highest BCUT2D eigenvalue weighted by Gasteiger charge is 2.20. The van der Waals surface area contributed by atoms with Crippen molar-refractivity contribution < 1.29 is 27.8 Å². The number of hydrogen-bond acceptors (Lipinski definition) is 4. The molecule has 1 aliphatic rings. The van der Waals surface area contributed by atoms with Crippen molar-refractivity contribution in [2.45, 2.75) is 38.7 Å². The van der Waals surface area contributed by atoms with Crippen LogP contribution >= 0.6 is 0 Å². The molecule has 0 aliphatic heterocycles. The van der Waals surface area contributed by atoms with Crippen molar-refractivity contribution in [3.05, 3.63) is 64.9 Å². The van der Waals surface area contributed by atoms with Gasteiger partial charge in [0, 0.05) is 13.6 Å². The summed E-state index contributed by atoms with van der Waals surface area (Å²) in [7, 11) is 4.79. The zero-order valence-corrected chi connectivity index (χ0v) is 18.7. The van der Waals surface area contributed by atoms with E-state index in [1.165, 1.54) is 10.5 Å². The van der Waals surface area contributed by atoms with Gasteiger partial charge in [-0.2, -0.15) is 8.78 Å². The van der Waals surface area contributed by atoms with E-state index in [0.29, 0.717) is 30.0 Å². The van der Waals surface area contributed by atoms with E-state index in [1.807, 2.05) is 36.4 Å². The molecule has 7 heteroatoms. The lowest BCUT2D eigenvalue weighted by Crippen LogP contribution is -2.30. The summed E-state index contributed by atoms with van der Waals surface area (Å²) < 4.78 is 40.5. The number of methoxy groups -OCH3 is 2. The Morgan fingerprint density at radius 1 is 1.03 bits per heavy atom. The van der Waals surface area contributed by atoms with Crippen LogP contribution in [0.15, 0.2) is 42.7 Å². The van der Waals surface area contributed by atoms with Crippen LogP contribution in [0.2, 0.25) is 0 Å². The molecule has 0 saturated heterocycles. The minimum Gasteiger partial charge on any atom is -0.493 e. The van der Waals surface area contributed by atoms with Gasteiger partial charge in [0.2, 0.25) is 0 Å². The van der Waals surface area contributed by atoms with Crippen LogP contribution in [-0.2, 0) is 28.8 Å².